The van der Waals surface area contributed by atoms with E-state index in [9.17, 15) is 18.3 Å². The van der Waals surface area contributed by atoms with Gasteiger partial charge in [-0.1, -0.05) is 30.3 Å². The number of alkyl carbamates (subject to hydrolysis) is 1. The predicted molar refractivity (Wildman–Crippen MR) is 118 cm³/mol. The van der Waals surface area contributed by atoms with E-state index in [1.165, 1.54) is 13.0 Å². The van der Waals surface area contributed by atoms with Gasteiger partial charge in [-0.05, 0) is 44.9 Å². The van der Waals surface area contributed by atoms with Gasteiger partial charge in [0.05, 0.1) is 11.4 Å². The molecular formula is C22H28N2O6S. The Bertz CT molecular complexity index is 1020. The molecule has 0 spiro atoms. The van der Waals surface area contributed by atoms with Gasteiger partial charge in [0.2, 0.25) is 10.0 Å². The van der Waals surface area contributed by atoms with Crippen LogP contribution in [0.1, 0.15) is 38.0 Å². The van der Waals surface area contributed by atoms with Gasteiger partial charge in [0.15, 0.2) is 6.10 Å². The summed E-state index contributed by atoms with van der Waals surface area (Å²) in [5.41, 5.74) is 0.829. The molecule has 2 atom stereocenters. The van der Waals surface area contributed by atoms with Crippen LogP contribution in [0.5, 0.6) is 5.75 Å². The van der Waals surface area contributed by atoms with E-state index in [2.05, 4.69) is 10.0 Å². The number of amides is 1. The molecule has 9 heteroatoms. The Balaban J connectivity index is 1.73. The van der Waals surface area contributed by atoms with Crippen LogP contribution in [0.3, 0.4) is 0 Å². The normalized spacial score (nSPS) is 19.6. The molecule has 8 nitrogen and oxygen atoms in total. The van der Waals surface area contributed by atoms with Gasteiger partial charge in [0, 0.05) is 18.2 Å². The summed E-state index contributed by atoms with van der Waals surface area (Å²) in [6.07, 6.45) is -2.08. The lowest BCUT2D eigenvalue weighted by molar-refractivity contribution is -0.113. The summed E-state index contributed by atoms with van der Waals surface area (Å²) in [6, 6.07) is 14.4. The van der Waals surface area contributed by atoms with Crippen LogP contribution in [0.25, 0.3) is 0 Å². The Hall–Kier alpha value is -2.78. The van der Waals surface area contributed by atoms with Crippen molar-refractivity contribution < 1.29 is 27.8 Å². The zero-order valence-electron chi connectivity index (χ0n) is 17.8. The maximum atomic E-state index is 12.4. The summed E-state index contributed by atoms with van der Waals surface area (Å²) >= 11 is 0. The van der Waals surface area contributed by atoms with Gasteiger partial charge < -0.3 is 19.9 Å². The molecular weight excluding hydrogens is 420 g/mol. The molecule has 0 saturated heterocycles. The molecule has 0 bridgehead atoms. The van der Waals surface area contributed by atoms with Crippen LogP contribution < -0.4 is 14.8 Å². The van der Waals surface area contributed by atoms with Crippen LogP contribution in [-0.2, 0) is 21.2 Å². The fourth-order valence-corrected chi connectivity index (χ4v) is 3.92. The Morgan fingerprint density at radius 3 is 2.58 bits per heavy atom. The number of anilines is 1. The molecule has 3 N–H and O–H groups in total. The van der Waals surface area contributed by atoms with Gasteiger partial charge in [0.1, 0.15) is 17.5 Å². The van der Waals surface area contributed by atoms with E-state index in [0.717, 1.165) is 5.56 Å². The number of benzene rings is 2. The number of carbonyl (C=O) groups is 1. The third-order valence-corrected chi connectivity index (χ3v) is 6.41. The highest BCUT2D eigenvalue weighted by Gasteiger charge is 2.45. The highest BCUT2D eigenvalue weighted by molar-refractivity contribution is 7.92. The molecule has 1 aliphatic heterocycles. The van der Waals surface area contributed by atoms with Crippen molar-refractivity contribution in [2.24, 2.45) is 0 Å². The van der Waals surface area contributed by atoms with Gasteiger partial charge in [-0.25, -0.2) is 13.2 Å². The van der Waals surface area contributed by atoms with Gasteiger partial charge in [-0.2, -0.15) is 0 Å². The smallest absolute Gasteiger partial charge is 0.407 e. The first-order valence-electron chi connectivity index (χ1n) is 10.1. The van der Waals surface area contributed by atoms with Gasteiger partial charge in [-0.15, -0.1) is 0 Å². The Labute approximate surface area is 182 Å². The van der Waals surface area contributed by atoms with Crippen molar-refractivity contribution in [1.29, 1.82) is 0 Å². The number of ether oxygens (including phenoxy) is 2. The van der Waals surface area contributed by atoms with Crippen LogP contribution in [0.2, 0.25) is 0 Å². The number of aliphatic hydroxyl groups excluding tert-OH is 1. The number of hydrogen-bond acceptors (Lipinski definition) is 6. The fourth-order valence-electron chi connectivity index (χ4n) is 3.29. The third kappa shape index (κ3) is 5.68. The Morgan fingerprint density at radius 1 is 1.19 bits per heavy atom. The Kier molecular flexibility index (Phi) is 6.76. The number of aliphatic hydroxyl groups is 1. The maximum Gasteiger partial charge on any atom is 0.407 e. The molecule has 2 aromatic rings. The average Bonchev–Trinajstić information content (AvgIpc) is 2.71. The second kappa shape index (κ2) is 9.15. The molecule has 1 heterocycles. The first-order chi connectivity index (χ1) is 14.6. The van der Waals surface area contributed by atoms with Crippen molar-refractivity contribution in [2.45, 2.75) is 45.0 Å². The molecule has 0 radical (unpaired) electrons. The quantitative estimate of drug-likeness (QED) is 0.600. The van der Waals surface area contributed by atoms with Crippen molar-refractivity contribution in [3.8, 4) is 5.75 Å². The van der Waals surface area contributed by atoms with E-state index >= 15 is 0 Å². The number of sulfonamides is 1. The van der Waals surface area contributed by atoms with Crippen LogP contribution in [0, 0.1) is 0 Å². The lowest BCUT2D eigenvalue weighted by Gasteiger charge is -2.41. The van der Waals surface area contributed by atoms with E-state index in [-0.39, 0.29) is 5.75 Å². The van der Waals surface area contributed by atoms with Crippen LogP contribution >= 0.6 is 0 Å². The number of fused-ring (bicyclic) bond motifs is 1. The summed E-state index contributed by atoms with van der Waals surface area (Å²) in [7, 11) is -3.45. The van der Waals surface area contributed by atoms with Crippen LogP contribution in [0.4, 0.5) is 10.5 Å². The second-order valence-electron chi connectivity index (χ2n) is 7.90. The molecule has 0 aromatic heterocycles. The van der Waals surface area contributed by atoms with Gasteiger partial charge in [0.25, 0.3) is 0 Å². The van der Waals surface area contributed by atoms with E-state index in [0.29, 0.717) is 30.0 Å². The summed E-state index contributed by atoms with van der Waals surface area (Å²) in [5, 5.41) is 13.5. The number of hydrogen-bond donors (Lipinski definition) is 3. The standard InChI is InChI=1S/C22H28N2O6S/c1-4-31(27,28)24-16-10-11-17-18(14-16)30-22(2,3)20(25)19(17)29-21(26)23-13-12-15-8-6-5-7-9-15/h5-11,14,19-20,24-25H,4,12-13H2,1-3H3,(H,23,26)/t19-,20+/m0/s1. The van der Waals surface area contributed by atoms with Crippen LogP contribution in [-0.4, -0.2) is 43.6 Å². The van der Waals surface area contributed by atoms with Gasteiger partial charge >= 0.3 is 6.09 Å². The fraction of sp³-hybridized carbons (Fsp3) is 0.409. The van der Waals surface area contributed by atoms with E-state index in [1.54, 1.807) is 26.0 Å². The minimum Gasteiger partial charge on any atom is -0.484 e. The first-order valence-corrected chi connectivity index (χ1v) is 11.8. The highest BCUT2D eigenvalue weighted by Crippen LogP contribution is 2.43. The first kappa shape index (κ1) is 22.9. The molecule has 3 rings (SSSR count). The van der Waals surface area contributed by atoms with Crippen LogP contribution in [0.15, 0.2) is 48.5 Å². The monoisotopic (exact) mass is 448 g/mol. The van der Waals surface area contributed by atoms with E-state index < -0.39 is 33.9 Å². The predicted octanol–water partition coefficient (Wildman–Crippen LogP) is 2.99. The summed E-state index contributed by atoms with van der Waals surface area (Å²) in [4.78, 5) is 12.4. The number of carbonyl (C=O) groups excluding carboxylic acids is 1. The molecule has 2 aromatic carbocycles. The summed E-state index contributed by atoms with van der Waals surface area (Å²) in [5.74, 6) is 0.276. The molecule has 1 aliphatic rings. The minimum absolute atomic E-state index is 0.0654. The molecule has 0 aliphatic carbocycles. The molecule has 31 heavy (non-hydrogen) atoms. The lowest BCUT2D eigenvalue weighted by atomic mass is 9.88. The third-order valence-electron chi connectivity index (χ3n) is 5.11. The van der Waals surface area contributed by atoms with Crippen molar-refractivity contribution in [3.63, 3.8) is 0 Å². The molecule has 0 unspecified atom stereocenters. The van der Waals surface area contributed by atoms with Crippen molar-refractivity contribution in [1.82, 2.24) is 5.32 Å². The second-order valence-corrected chi connectivity index (χ2v) is 9.91. The number of rotatable bonds is 7. The van der Waals surface area contributed by atoms with Crippen molar-refractivity contribution >= 4 is 21.8 Å². The number of nitrogens with one attached hydrogen (secondary N) is 2. The van der Waals surface area contributed by atoms with Gasteiger partial charge in [-0.3, -0.25) is 4.72 Å². The van der Waals surface area contributed by atoms with E-state index in [4.69, 9.17) is 9.47 Å². The van der Waals surface area contributed by atoms with Crippen molar-refractivity contribution in [2.75, 3.05) is 17.0 Å². The summed E-state index contributed by atoms with van der Waals surface area (Å²) < 4.78 is 37.6. The minimum atomic E-state index is -3.45. The average molecular weight is 449 g/mol. The van der Waals surface area contributed by atoms with Crippen molar-refractivity contribution in [3.05, 3.63) is 59.7 Å². The Morgan fingerprint density at radius 2 is 1.90 bits per heavy atom. The van der Waals surface area contributed by atoms with E-state index in [1.807, 2.05) is 30.3 Å². The molecule has 168 valence electrons. The zero-order valence-corrected chi connectivity index (χ0v) is 18.6. The molecule has 0 saturated carbocycles. The lowest BCUT2D eigenvalue weighted by Crippen LogP contribution is -2.50. The molecule has 0 fully saturated rings. The largest absolute Gasteiger partial charge is 0.484 e. The zero-order chi connectivity index (χ0) is 22.6. The SMILES string of the molecule is CCS(=O)(=O)Nc1ccc2c(c1)OC(C)(C)[C@H](O)[C@H]2OC(=O)NCCc1ccccc1. The highest BCUT2D eigenvalue weighted by atomic mass is 32.2. The maximum absolute atomic E-state index is 12.4. The summed E-state index contributed by atoms with van der Waals surface area (Å²) in [6.45, 7) is 5.27. The molecule has 1 amide bonds. The topological polar surface area (TPSA) is 114 Å².